The maximum atomic E-state index is 14.5. The van der Waals surface area contributed by atoms with Crippen molar-refractivity contribution in [3.8, 4) is 0 Å². The fraction of sp³-hybridized carbons (Fsp3) is 0.130. The Morgan fingerprint density at radius 2 is 1.45 bits per heavy atom. The third-order valence-corrected chi connectivity index (χ3v) is 4.77. The number of carbonyl (C=O) groups excluding carboxylic acids is 2. The fourth-order valence-electron chi connectivity index (χ4n) is 3.34. The Morgan fingerprint density at radius 1 is 0.862 bits per heavy atom. The molecule has 0 bridgehead atoms. The number of benzene rings is 3. The lowest BCUT2D eigenvalue weighted by atomic mass is 9.97. The summed E-state index contributed by atoms with van der Waals surface area (Å²) in [6.45, 7) is 1.54. The number of carbonyl (C=O) groups is 2. The summed E-state index contributed by atoms with van der Waals surface area (Å²) < 4.78 is 28.4. The van der Waals surface area contributed by atoms with Gasteiger partial charge in [-0.3, -0.25) is 9.59 Å². The minimum atomic E-state index is -1.17. The van der Waals surface area contributed by atoms with Gasteiger partial charge in [0, 0.05) is 11.1 Å². The summed E-state index contributed by atoms with van der Waals surface area (Å²) in [5.74, 6) is -3.39. The molecule has 0 aromatic heterocycles. The van der Waals surface area contributed by atoms with Crippen LogP contribution in [0.1, 0.15) is 40.5 Å². The van der Waals surface area contributed by atoms with Gasteiger partial charge in [-0.25, -0.2) is 8.78 Å². The van der Waals surface area contributed by atoms with E-state index in [0.717, 1.165) is 6.07 Å². The molecule has 3 rings (SSSR count). The minimum absolute atomic E-state index is 0.0449. The van der Waals surface area contributed by atoms with E-state index >= 15 is 0 Å². The number of hydrogen-bond acceptors (Lipinski definition) is 2. The maximum Gasteiger partial charge on any atom is 0.255 e. The van der Waals surface area contributed by atoms with Gasteiger partial charge >= 0.3 is 0 Å². The van der Waals surface area contributed by atoms with Gasteiger partial charge in [-0.2, -0.15) is 0 Å². The number of hydrogen-bond donors (Lipinski definition) is 1. The first kappa shape index (κ1) is 20.2. The van der Waals surface area contributed by atoms with E-state index < -0.39 is 35.5 Å². The lowest BCUT2D eigenvalue weighted by Gasteiger charge is -2.35. The van der Waals surface area contributed by atoms with Crippen LogP contribution in [0.25, 0.3) is 0 Å². The molecule has 0 fully saturated rings. The molecule has 2 atom stereocenters. The zero-order valence-corrected chi connectivity index (χ0v) is 15.8. The molecule has 29 heavy (non-hydrogen) atoms. The summed E-state index contributed by atoms with van der Waals surface area (Å²) in [6, 6.07) is 18.4. The Hall–Kier alpha value is -3.54. The highest BCUT2D eigenvalue weighted by Crippen LogP contribution is 2.34. The molecular formula is C23H20F2N2O2. The van der Waals surface area contributed by atoms with Crippen molar-refractivity contribution in [2.75, 3.05) is 0 Å². The topological polar surface area (TPSA) is 63.4 Å². The summed E-state index contributed by atoms with van der Waals surface area (Å²) in [5.41, 5.74) is 6.41. The average Bonchev–Trinajstić information content (AvgIpc) is 2.74. The molecule has 0 aliphatic heterocycles. The van der Waals surface area contributed by atoms with Gasteiger partial charge in [-0.05, 0) is 30.7 Å². The highest BCUT2D eigenvalue weighted by molar-refractivity contribution is 5.98. The van der Waals surface area contributed by atoms with Crippen molar-refractivity contribution >= 4 is 11.8 Å². The molecule has 6 heteroatoms. The molecule has 2 amide bonds. The number of halogens is 2. The smallest absolute Gasteiger partial charge is 0.255 e. The number of amides is 2. The molecule has 0 aliphatic carbocycles. The van der Waals surface area contributed by atoms with Gasteiger partial charge in [-0.15, -0.1) is 0 Å². The SMILES string of the molecule is C[C@H](c1cccc(F)c1F)N(C(=O)c1ccccc1)[C@@H](C(N)=O)c1ccccc1. The molecule has 4 nitrogen and oxygen atoms in total. The number of nitrogens with two attached hydrogens (primary N) is 1. The van der Waals surface area contributed by atoms with Crippen molar-refractivity contribution in [1.82, 2.24) is 4.90 Å². The highest BCUT2D eigenvalue weighted by Gasteiger charge is 2.35. The molecule has 2 N–H and O–H groups in total. The summed E-state index contributed by atoms with van der Waals surface area (Å²) in [7, 11) is 0. The van der Waals surface area contributed by atoms with Gasteiger partial charge < -0.3 is 10.6 Å². The summed E-state index contributed by atoms with van der Waals surface area (Å²) in [4.78, 5) is 27.0. The Morgan fingerprint density at radius 3 is 2.03 bits per heavy atom. The second-order valence-electron chi connectivity index (χ2n) is 6.61. The quantitative estimate of drug-likeness (QED) is 0.674. The van der Waals surface area contributed by atoms with Crippen LogP contribution in [0.15, 0.2) is 78.9 Å². The van der Waals surface area contributed by atoms with Gasteiger partial charge in [0.15, 0.2) is 11.6 Å². The zero-order valence-electron chi connectivity index (χ0n) is 15.8. The zero-order chi connectivity index (χ0) is 21.0. The lowest BCUT2D eigenvalue weighted by molar-refractivity contribution is -0.123. The van der Waals surface area contributed by atoms with Gasteiger partial charge in [0.1, 0.15) is 6.04 Å². The van der Waals surface area contributed by atoms with Gasteiger partial charge in [-0.1, -0.05) is 60.7 Å². The standard InChI is InChI=1S/C23H20F2N2O2/c1-15(18-13-8-14-19(24)20(18)25)27(23(29)17-11-6-3-7-12-17)21(22(26)28)16-9-4-2-5-10-16/h2-15,21H,1H3,(H2,26,28)/t15-,21-/m1/s1. The van der Waals surface area contributed by atoms with Crippen molar-refractivity contribution < 1.29 is 18.4 Å². The molecule has 0 saturated carbocycles. The third kappa shape index (κ3) is 4.16. The second-order valence-corrected chi connectivity index (χ2v) is 6.61. The molecule has 0 spiro atoms. The van der Waals surface area contributed by atoms with E-state index in [-0.39, 0.29) is 5.56 Å². The maximum absolute atomic E-state index is 14.5. The van der Waals surface area contributed by atoms with E-state index in [9.17, 15) is 18.4 Å². The third-order valence-electron chi connectivity index (χ3n) is 4.77. The summed E-state index contributed by atoms with van der Waals surface area (Å²) in [5, 5.41) is 0. The molecule has 0 aliphatic rings. The van der Waals surface area contributed by atoms with E-state index in [0.29, 0.717) is 11.1 Å². The fourth-order valence-corrected chi connectivity index (χ4v) is 3.34. The Balaban J connectivity index is 2.16. The number of rotatable bonds is 6. The minimum Gasteiger partial charge on any atom is -0.368 e. The van der Waals surface area contributed by atoms with E-state index in [1.165, 1.54) is 24.0 Å². The normalized spacial score (nSPS) is 12.8. The predicted molar refractivity (Wildman–Crippen MR) is 106 cm³/mol. The number of nitrogens with zero attached hydrogens (tertiary/aromatic N) is 1. The molecular weight excluding hydrogens is 374 g/mol. The van der Waals surface area contributed by atoms with Crippen molar-refractivity contribution in [3.63, 3.8) is 0 Å². The van der Waals surface area contributed by atoms with Gasteiger partial charge in [0.2, 0.25) is 5.91 Å². The van der Waals surface area contributed by atoms with Crippen molar-refractivity contribution in [2.45, 2.75) is 19.0 Å². The Kier molecular flexibility index (Phi) is 6.02. The van der Waals surface area contributed by atoms with Crippen molar-refractivity contribution in [2.24, 2.45) is 5.73 Å². The van der Waals surface area contributed by atoms with Crippen LogP contribution in [0.3, 0.4) is 0 Å². The van der Waals surface area contributed by atoms with Crippen LogP contribution in [0.4, 0.5) is 8.78 Å². The first-order valence-electron chi connectivity index (χ1n) is 9.07. The first-order valence-corrected chi connectivity index (χ1v) is 9.07. The Labute approximate surface area is 167 Å². The first-order chi connectivity index (χ1) is 13.9. The lowest BCUT2D eigenvalue weighted by Crippen LogP contribution is -2.43. The van der Waals surface area contributed by atoms with Crippen LogP contribution < -0.4 is 5.73 Å². The molecule has 3 aromatic rings. The van der Waals surface area contributed by atoms with Crippen LogP contribution in [0.5, 0.6) is 0 Å². The average molecular weight is 394 g/mol. The molecule has 3 aromatic carbocycles. The van der Waals surface area contributed by atoms with Gasteiger partial charge in [0.25, 0.3) is 5.91 Å². The van der Waals surface area contributed by atoms with E-state index in [4.69, 9.17) is 5.73 Å². The highest BCUT2D eigenvalue weighted by atomic mass is 19.2. The van der Waals surface area contributed by atoms with Gasteiger partial charge in [0.05, 0.1) is 6.04 Å². The van der Waals surface area contributed by atoms with E-state index in [1.54, 1.807) is 60.7 Å². The Bertz CT molecular complexity index is 1010. The number of primary amides is 1. The van der Waals surface area contributed by atoms with Crippen LogP contribution in [0.2, 0.25) is 0 Å². The molecule has 0 heterocycles. The molecule has 148 valence electrons. The molecule has 0 unspecified atom stereocenters. The largest absolute Gasteiger partial charge is 0.368 e. The monoisotopic (exact) mass is 394 g/mol. The summed E-state index contributed by atoms with van der Waals surface area (Å²) in [6.07, 6.45) is 0. The predicted octanol–water partition coefficient (Wildman–Crippen LogP) is 4.39. The van der Waals surface area contributed by atoms with Crippen molar-refractivity contribution in [1.29, 1.82) is 0 Å². The van der Waals surface area contributed by atoms with Crippen LogP contribution in [-0.2, 0) is 4.79 Å². The second kappa shape index (κ2) is 8.65. The molecule has 0 radical (unpaired) electrons. The van der Waals surface area contributed by atoms with Crippen LogP contribution in [-0.4, -0.2) is 16.7 Å². The summed E-state index contributed by atoms with van der Waals surface area (Å²) >= 11 is 0. The van der Waals surface area contributed by atoms with Crippen LogP contribution >= 0.6 is 0 Å². The van der Waals surface area contributed by atoms with Crippen molar-refractivity contribution in [3.05, 3.63) is 107 Å². The van der Waals surface area contributed by atoms with Crippen LogP contribution in [0, 0.1) is 11.6 Å². The molecule has 0 saturated heterocycles. The van der Waals surface area contributed by atoms with E-state index in [1.807, 2.05) is 0 Å². The van der Waals surface area contributed by atoms with E-state index in [2.05, 4.69) is 0 Å².